The topological polar surface area (TPSA) is 55.2 Å². The summed E-state index contributed by atoms with van der Waals surface area (Å²) < 4.78 is 30.6. The van der Waals surface area contributed by atoms with E-state index >= 15 is 0 Å². The Kier molecular flexibility index (Phi) is 6.01. The zero-order valence-electron chi connectivity index (χ0n) is 16.8. The van der Waals surface area contributed by atoms with Crippen LogP contribution in [0.25, 0.3) is 11.3 Å². The fourth-order valence-corrected chi connectivity index (χ4v) is 4.83. The average Bonchev–Trinajstić information content (AvgIpc) is 3.14. The van der Waals surface area contributed by atoms with E-state index in [0.29, 0.717) is 12.2 Å². The normalized spacial score (nSPS) is 12.2. The second kappa shape index (κ2) is 8.29. The molecule has 28 heavy (non-hydrogen) atoms. The van der Waals surface area contributed by atoms with Gasteiger partial charge in [-0.25, -0.2) is 8.42 Å². The molecule has 1 aromatic heterocycles. The Hall–Kier alpha value is -2.44. The third-order valence-electron chi connectivity index (χ3n) is 4.62. The van der Waals surface area contributed by atoms with Crippen LogP contribution in [-0.4, -0.2) is 28.5 Å². The maximum Gasteiger partial charge on any atom is 0.247 e. The Balaban J connectivity index is 2.11. The molecule has 3 rings (SSSR count). The van der Waals surface area contributed by atoms with Crippen LogP contribution in [0.3, 0.4) is 0 Å². The van der Waals surface area contributed by atoms with Crippen molar-refractivity contribution in [3.05, 3.63) is 72.4 Å². The SMILES string of the molecule is CC(C)N(Cc1ccccc1)S(=O)(=O)c1cn(C(C)C)nc1-c1ccccc1. The molecule has 0 amide bonds. The van der Waals surface area contributed by atoms with Crippen molar-refractivity contribution in [3.8, 4) is 11.3 Å². The molecular weight excluding hydrogens is 370 g/mol. The molecule has 3 aromatic rings. The Morgan fingerprint density at radius 2 is 1.50 bits per heavy atom. The first-order chi connectivity index (χ1) is 13.3. The summed E-state index contributed by atoms with van der Waals surface area (Å²) in [6, 6.07) is 19.0. The minimum Gasteiger partial charge on any atom is -0.268 e. The highest BCUT2D eigenvalue weighted by atomic mass is 32.2. The van der Waals surface area contributed by atoms with Crippen LogP contribution < -0.4 is 0 Å². The third kappa shape index (κ3) is 4.18. The van der Waals surface area contributed by atoms with Gasteiger partial charge in [-0.2, -0.15) is 9.40 Å². The van der Waals surface area contributed by atoms with E-state index in [2.05, 4.69) is 5.10 Å². The number of hydrogen-bond acceptors (Lipinski definition) is 3. The summed E-state index contributed by atoms with van der Waals surface area (Å²) in [5.74, 6) is 0. The number of benzene rings is 2. The Labute approximate surface area is 167 Å². The molecule has 148 valence electrons. The van der Waals surface area contributed by atoms with Gasteiger partial charge in [-0.05, 0) is 33.3 Å². The van der Waals surface area contributed by atoms with Crippen molar-refractivity contribution in [3.63, 3.8) is 0 Å². The van der Waals surface area contributed by atoms with Crippen molar-refractivity contribution in [2.24, 2.45) is 0 Å². The molecule has 0 N–H and O–H groups in total. The van der Waals surface area contributed by atoms with Crippen LogP contribution in [0.2, 0.25) is 0 Å². The smallest absolute Gasteiger partial charge is 0.247 e. The van der Waals surface area contributed by atoms with Crippen molar-refractivity contribution >= 4 is 10.0 Å². The second-order valence-corrected chi connectivity index (χ2v) is 9.27. The highest BCUT2D eigenvalue weighted by Crippen LogP contribution is 2.31. The molecule has 0 fully saturated rings. The standard InChI is InChI=1S/C22H27N3O2S/c1-17(2)24-16-21(22(23-24)20-13-9-6-10-14-20)28(26,27)25(18(3)4)15-19-11-7-5-8-12-19/h5-14,16-18H,15H2,1-4H3. The average molecular weight is 398 g/mol. The van der Waals surface area contributed by atoms with Crippen molar-refractivity contribution in [2.45, 2.75) is 51.2 Å². The van der Waals surface area contributed by atoms with Crippen molar-refractivity contribution in [2.75, 3.05) is 0 Å². The van der Waals surface area contributed by atoms with E-state index < -0.39 is 10.0 Å². The molecule has 6 heteroatoms. The van der Waals surface area contributed by atoms with Gasteiger partial charge in [-0.3, -0.25) is 4.68 Å². The summed E-state index contributed by atoms with van der Waals surface area (Å²) in [7, 11) is -3.74. The van der Waals surface area contributed by atoms with E-state index in [-0.39, 0.29) is 17.0 Å². The lowest BCUT2D eigenvalue weighted by molar-refractivity contribution is 0.348. The maximum atomic E-state index is 13.7. The van der Waals surface area contributed by atoms with Crippen LogP contribution in [0.15, 0.2) is 71.8 Å². The van der Waals surface area contributed by atoms with Crippen LogP contribution in [-0.2, 0) is 16.6 Å². The van der Waals surface area contributed by atoms with E-state index in [1.807, 2.05) is 88.4 Å². The zero-order chi connectivity index (χ0) is 20.3. The molecule has 1 heterocycles. The van der Waals surface area contributed by atoms with E-state index in [1.54, 1.807) is 10.9 Å². The molecule has 0 saturated carbocycles. The lowest BCUT2D eigenvalue weighted by atomic mass is 10.2. The summed E-state index contributed by atoms with van der Waals surface area (Å²) in [5, 5.41) is 4.61. The van der Waals surface area contributed by atoms with Crippen LogP contribution in [0.5, 0.6) is 0 Å². The lowest BCUT2D eigenvalue weighted by Gasteiger charge is -2.26. The summed E-state index contributed by atoms with van der Waals surface area (Å²) in [6.07, 6.45) is 1.66. The summed E-state index contributed by atoms with van der Waals surface area (Å²) in [6.45, 7) is 8.09. The van der Waals surface area contributed by atoms with Crippen LogP contribution in [0.1, 0.15) is 39.3 Å². The molecule has 5 nitrogen and oxygen atoms in total. The molecule has 0 aliphatic heterocycles. The van der Waals surface area contributed by atoms with Gasteiger partial charge in [-0.15, -0.1) is 0 Å². The van der Waals surface area contributed by atoms with Gasteiger partial charge in [0.05, 0.1) is 0 Å². The molecular formula is C22H27N3O2S. The molecule has 0 atom stereocenters. The van der Waals surface area contributed by atoms with Gasteiger partial charge in [0.1, 0.15) is 10.6 Å². The van der Waals surface area contributed by atoms with Gasteiger partial charge in [0.2, 0.25) is 10.0 Å². The van der Waals surface area contributed by atoms with Crippen molar-refractivity contribution in [1.82, 2.24) is 14.1 Å². The fraction of sp³-hybridized carbons (Fsp3) is 0.318. The number of aromatic nitrogens is 2. The number of rotatable bonds is 7. The monoisotopic (exact) mass is 397 g/mol. The quantitative estimate of drug-likeness (QED) is 0.579. The minimum absolute atomic E-state index is 0.0630. The van der Waals surface area contributed by atoms with Gasteiger partial charge in [0, 0.05) is 30.4 Å². The third-order valence-corrected chi connectivity index (χ3v) is 6.64. The van der Waals surface area contributed by atoms with Crippen LogP contribution in [0.4, 0.5) is 0 Å². The summed E-state index contributed by atoms with van der Waals surface area (Å²) in [5.41, 5.74) is 2.24. The molecule has 2 aromatic carbocycles. The Morgan fingerprint density at radius 3 is 2.04 bits per heavy atom. The highest BCUT2D eigenvalue weighted by Gasteiger charge is 2.32. The second-order valence-electron chi connectivity index (χ2n) is 7.41. The van der Waals surface area contributed by atoms with Crippen molar-refractivity contribution in [1.29, 1.82) is 0 Å². The van der Waals surface area contributed by atoms with Gasteiger partial charge in [0.25, 0.3) is 0 Å². The van der Waals surface area contributed by atoms with Crippen LogP contribution in [0, 0.1) is 0 Å². The van der Waals surface area contributed by atoms with Gasteiger partial charge >= 0.3 is 0 Å². The van der Waals surface area contributed by atoms with Crippen molar-refractivity contribution < 1.29 is 8.42 Å². The molecule has 0 spiro atoms. The predicted octanol–water partition coefficient (Wildman–Crippen LogP) is 4.73. The summed E-state index contributed by atoms with van der Waals surface area (Å²) >= 11 is 0. The minimum atomic E-state index is -3.74. The number of sulfonamides is 1. The van der Waals surface area contributed by atoms with Gasteiger partial charge < -0.3 is 0 Å². The lowest BCUT2D eigenvalue weighted by Crippen LogP contribution is -2.36. The first-order valence-corrected chi connectivity index (χ1v) is 10.9. The summed E-state index contributed by atoms with van der Waals surface area (Å²) in [4.78, 5) is 0.247. The number of nitrogens with zero attached hydrogens (tertiary/aromatic N) is 3. The molecule has 0 aliphatic rings. The zero-order valence-corrected chi connectivity index (χ0v) is 17.6. The van der Waals surface area contributed by atoms with E-state index in [9.17, 15) is 8.42 Å². The molecule has 0 radical (unpaired) electrons. The molecule has 0 aliphatic carbocycles. The Bertz CT molecular complexity index is 1010. The first kappa shape index (κ1) is 20.3. The van der Waals surface area contributed by atoms with Gasteiger partial charge in [-0.1, -0.05) is 60.7 Å². The highest BCUT2D eigenvalue weighted by molar-refractivity contribution is 7.89. The molecule has 0 saturated heterocycles. The predicted molar refractivity (Wildman–Crippen MR) is 112 cm³/mol. The first-order valence-electron chi connectivity index (χ1n) is 9.51. The van der Waals surface area contributed by atoms with E-state index in [0.717, 1.165) is 11.1 Å². The largest absolute Gasteiger partial charge is 0.268 e. The fourth-order valence-electron chi connectivity index (χ4n) is 3.06. The Morgan fingerprint density at radius 1 is 0.929 bits per heavy atom. The van der Waals surface area contributed by atoms with E-state index in [4.69, 9.17) is 0 Å². The number of hydrogen-bond donors (Lipinski definition) is 0. The molecule has 0 unspecified atom stereocenters. The maximum absolute atomic E-state index is 13.7. The van der Waals surface area contributed by atoms with Gasteiger partial charge in [0.15, 0.2) is 0 Å². The van der Waals surface area contributed by atoms with E-state index in [1.165, 1.54) is 4.31 Å². The van der Waals surface area contributed by atoms with Crippen LogP contribution >= 0.6 is 0 Å². The molecule has 0 bridgehead atoms.